The van der Waals surface area contributed by atoms with Crippen molar-refractivity contribution >= 4 is 5.97 Å². The predicted molar refractivity (Wildman–Crippen MR) is 97.4 cm³/mol. The molecule has 0 heterocycles. The number of rotatable bonds is 9. The van der Waals surface area contributed by atoms with E-state index in [1.54, 1.807) is 13.2 Å². The van der Waals surface area contributed by atoms with Crippen LogP contribution in [0.2, 0.25) is 0 Å². The van der Waals surface area contributed by atoms with E-state index in [0.29, 0.717) is 19.6 Å². The normalized spacial score (nSPS) is 14.3. The molecule has 0 aliphatic rings. The summed E-state index contributed by atoms with van der Waals surface area (Å²) < 4.78 is 15.9. The second-order valence-electron chi connectivity index (χ2n) is 7.08. The zero-order valence-corrected chi connectivity index (χ0v) is 15.8. The zero-order chi connectivity index (χ0) is 18.9. The van der Waals surface area contributed by atoms with Crippen LogP contribution >= 0.6 is 0 Å². The Morgan fingerprint density at radius 2 is 1.88 bits per heavy atom. The van der Waals surface area contributed by atoms with Crippen LogP contribution in [0.15, 0.2) is 36.4 Å². The Labute approximate surface area is 150 Å². The Balaban J connectivity index is 2.29. The lowest BCUT2D eigenvalue weighted by Gasteiger charge is -2.19. The Kier molecular flexibility index (Phi) is 8.66. The molecule has 0 saturated carbocycles. The van der Waals surface area contributed by atoms with Crippen LogP contribution in [0.5, 0.6) is 5.75 Å². The first-order valence-corrected chi connectivity index (χ1v) is 8.49. The third kappa shape index (κ3) is 9.27. The van der Waals surface area contributed by atoms with Gasteiger partial charge in [-0.25, -0.2) is 4.79 Å². The molecular weight excluding hydrogens is 320 g/mol. The quantitative estimate of drug-likeness (QED) is 0.545. The van der Waals surface area contributed by atoms with E-state index >= 15 is 0 Å². The smallest absolute Gasteiger partial charge is 0.330 e. The molecule has 0 bridgehead atoms. The van der Waals surface area contributed by atoms with Crippen LogP contribution < -0.4 is 4.74 Å². The maximum atomic E-state index is 11.6. The first kappa shape index (κ1) is 21.2. The van der Waals surface area contributed by atoms with E-state index < -0.39 is 17.7 Å². The molecule has 0 spiro atoms. The summed E-state index contributed by atoms with van der Waals surface area (Å²) in [5, 5.41) is 10.1. The summed E-state index contributed by atoms with van der Waals surface area (Å²) >= 11 is 0. The van der Waals surface area contributed by atoms with Gasteiger partial charge in [0.1, 0.15) is 11.4 Å². The molecule has 0 radical (unpaired) electrons. The van der Waals surface area contributed by atoms with Gasteiger partial charge in [-0.3, -0.25) is 0 Å². The average Bonchev–Trinajstić information content (AvgIpc) is 2.53. The molecule has 0 fully saturated rings. The average molecular weight is 350 g/mol. The molecule has 2 atom stereocenters. The molecular formula is C20H30O5. The van der Waals surface area contributed by atoms with Gasteiger partial charge in [-0.15, -0.1) is 0 Å². The van der Waals surface area contributed by atoms with Crippen molar-refractivity contribution in [1.29, 1.82) is 0 Å². The number of aliphatic hydroxyl groups excluding tert-OH is 1. The second-order valence-corrected chi connectivity index (χ2v) is 7.08. The van der Waals surface area contributed by atoms with E-state index in [1.807, 2.05) is 52.0 Å². The zero-order valence-electron chi connectivity index (χ0n) is 15.8. The van der Waals surface area contributed by atoms with Crippen LogP contribution in [0, 0.1) is 5.92 Å². The fourth-order valence-corrected chi connectivity index (χ4v) is 2.07. The maximum Gasteiger partial charge on any atom is 0.330 e. The number of ether oxygens (including phenoxy) is 3. The van der Waals surface area contributed by atoms with Gasteiger partial charge in [-0.2, -0.15) is 0 Å². The Morgan fingerprint density at radius 3 is 2.44 bits per heavy atom. The third-order valence-corrected chi connectivity index (χ3v) is 3.50. The van der Waals surface area contributed by atoms with Gasteiger partial charge in [0.15, 0.2) is 0 Å². The highest BCUT2D eigenvalue weighted by Gasteiger charge is 2.15. The summed E-state index contributed by atoms with van der Waals surface area (Å²) in [5.41, 5.74) is 0.537. The number of esters is 1. The van der Waals surface area contributed by atoms with Gasteiger partial charge >= 0.3 is 5.97 Å². The largest absolute Gasteiger partial charge is 0.497 e. The van der Waals surface area contributed by atoms with Gasteiger partial charge in [0.2, 0.25) is 0 Å². The van der Waals surface area contributed by atoms with E-state index in [4.69, 9.17) is 14.2 Å². The molecule has 5 heteroatoms. The summed E-state index contributed by atoms with van der Waals surface area (Å²) in [6.45, 7) is 8.28. The van der Waals surface area contributed by atoms with Crippen LogP contribution in [-0.2, 0) is 20.9 Å². The number of aliphatic hydroxyl groups is 1. The van der Waals surface area contributed by atoms with E-state index in [-0.39, 0.29) is 5.92 Å². The fraction of sp³-hybridized carbons (Fsp3) is 0.550. The van der Waals surface area contributed by atoms with Crippen molar-refractivity contribution in [3.05, 3.63) is 42.0 Å². The van der Waals surface area contributed by atoms with Gasteiger partial charge in [0.25, 0.3) is 0 Å². The Morgan fingerprint density at radius 1 is 1.24 bits per heavy atom. The lowest BCUT2D eigenvalue weighted by molar-refractivity contribution is -0.148. The summed E-state index contributed by atoms with van der Waals surface area (Å²) in [7, 11) is 1.63. The Bertz CT molecular complexity index is 542. The number of carbonyl (C=O) groups is 1. The second kappa shape index (κ2) is 10.2. The van der Waals surface area contributed by atoms with Crippen molar-refractivity contribution in [2.24, 2.45) is 5.92 Å². The van der Waals surface area contributed by atoms with Gasteiger partial charge in [-0.05, 0) is 44.9 Å². The minimum Gasteiger partial charge on any atom is -0.497 e. The van der Waals surface area contributed by atoms with Crippen LogP contribution in [0.1, 0.15) is 39.7 Å². The van der Waals surface area contributed by atoms with Crippen molar-refractivity contribution in [1.82, 2.24) is 0 Å². The van der Waals surface area contributed by atoms with Gasteiger partial charge < -0.3 is 19.3 Å². The third-order valence-electron chi connectivity index (χ3n) is 3.50. The molecule has 0 amide bonds. The molecule has 1 aromatic carbocycles. The number of hydrogen-bond acceptors (Lipinski definition) is 5. The van der Waals surface area contributed by atoms with Gasteiger partial charge in [0.05, 0.1) is 26.4 Å². The molecule has 1 aromatic rings. The topological polar surface area (TPSA) is 65.0 Å². The highest BCUT2D eigenvalue weighted by Crippen LogP contribution is 2.14. The minimum atomic E-state index is -0.574. The molecule has 140 valence electrons. The fourth-order valence-electron chi connectivity index (χ4n) is 2.07. The van der Waals surface area contributed by atoms with Crippen molar-refractivity contribution in [2.45, 2.75) is 52.4 Å². The van der Waals surface area contributed by atoms with Crippen LogP contribution in [0.3, 0.4) is 0 Å². The molecule has 0 unspecified atom stereocenters. The summed E-state index contributed by atoms with van der Waals surface area (Å²) in [5.74, 6) is 0.369. The van der Waals surface area contributed by atoms with E-state index in [9.17, 15) is 9.90 Å². The summed E-state index contributed by atoms with van der Waals surface area (Å²) in [4.78, 5) is 11.6. The van der Waals surface area contributed by atoms with Gasteiger partial charge in [0, 0.05) is 12.0 Å². The van der Waals surface area contributed by atoms with E-state index in [1.165, 1.54) is 6.08 Å². The van der Waals surface area contributed by atoms with Crippen molar-refractivity contribution in [3.8, 4) is 5.75 Å². The van der Waals surface area contributed by atoms with Crippen LogP contribution in [-0.4, -0.2) is 36.5 Å². The number of carbonyl (C=O) groups excluding carboxylic acids is 1. The standard InChI is InChI=1S/C20H30O5/c1-15(13-24-14-16-9-11-17(23-5)12-10-16)18(21)7-6-8-19(22)25-20(2,3)4/h6,8-12,15,18,21H,7,13-14H2,1-5H3/b8-6+/t15-,18+/m1/s1. The van der Waals surface area contributed by atoms with E-state index in [0.717, 1.165) is 11.3 Å². The van der Waals surface area contributed by atoms with Crippen LogP contribution in [0.4, 0.5) is 0 Å². The van der Waals surface area contributed by atoms with Crippen LogP contribution in [0.25, 0.3) is 0 Å². The lowest BCUT2D eigenvalue weighted by atomic mass is 10.0. The predicted octanol–water partition coefficient (Wildman–Crippen LogP) is 3.50. The molecule has 5 nitrogen and oxygen atoms in total. The number of benzene rings is 1. The number of methoxy groups -OCH3 is 1. The summed E-state index contributed by atoms with van der Waals surface area (Å²) in [6, 6.07) is 7.67. The first-order valence-electron chi connectivity index (χ1n) is 8.49. The molecule has 1 N–H and O–H groups in total. The molecule has 0 saturated heterocycles. The highest BCUT2D eigenvalue weighted by molar-refractivity contribution is 5.82. The monoisotopic (exact) mass is 350 g/mol. The number of hydrogen-bond donors (Lipinski definition) is 1. The SMILES string of the molecule is COc1ccc(COC[C@@H](C)[C@@H](O)C/C=C/C(=O)OC(C)(C)C)cc1. The van der Waals surface area contributed by atoms with Crippen molar-refractivity contribution < 1.29 is 24.1 Å². The maximum absolute atomic E-state index is 11.6. The molecule has 25 heavy (non-hydrogen) atoms. The van der Waals surface area contributed by atoms with Crippen molar-refractivity contribution in [3.63, 3.8) is 0 Å². The molecule has 0 aliphatic carbocycles. The summed E-state index contributed by atoms with van der Waals surface area (Å²) in [6.07, 6.45) is 2.80. The van der Waals surface area contributed by atoms with Gasteiger partial charge in [-0.1, -0.05) is 25.1 Å². The lowest BCUT2D eigenvalue weighted by Crippen LogP contribution is -2.23. The Hall–Kier alpha value is -1.85. The van der Waals surface area contributed by atoms with Crippen molar-refractivity contribution in [2.75, 3.05) is 13.7 Å². The van der Waals surface area contributed by atoms with E-state index in [2.05, 4.69) is 0 Å². The molecule has 1 rings (SSSR count). The molecule has 0 aliphatic heterocycles. The first-order chi connectivity index (χ1) is 11.7. The highest BCUT2D eigenvalue weighted by atomic mass is 16.6. The molecule has 0 aromatic heterocycles. The minimum absolute atomic E-state index is 0.0402.